The lowest BCUT2D eigenvalue weighted by atomic mass is 10.2. The Morgan fingerprint density at radius 2 is 1.86 bits per heavy atom. The average molecular weight is 384 g/mol. The van der Waals surface area contributed by atoms with Crippen LogP contribution in [0.5, 0.6) is 0 Å². The Bertz CT molecular complexity index is 818. The second kappa shape index (κ2) is 6.50. The highest BCUT2D eigenvalue weighted by atomic mass is 79.9. The number of halogens is 1. The maximum Gasteiger partial charge on any atom is 0.339 e. The van der Waals surface area contributed by atoms with Gasteiger partial charge in [-0.2, -0.15) is 0 Å². The quantitative estimate of drug-likeness (QED) is 0.821. The Labute approximate surface area is 137 Å². The highest BCUT2D eigenvalue weighted by molar-refractivity contribution is 9.10. The summed E-state index contributed by atoms with van der Waals surface area (Å²) in [6.07, 6.45) is 0. The fourth-order valence-electron chi connectivity index (χ4n) is 1.89. The van der Waals surface area contributed by atoms with E-state index in [1.54, 1.807) is 31.2 Å². The smallest absolute Gasteiger partial charge is 0.339 e. The number of carbonyl (C=O) groups is 1. The molecule has 0 aliphatic heterocycles. The van der Waals surface area contributed by atoms with Gasteiger partial charge in [0.25, 0.3) is 10.0 Å². The zero-order valence-electron chi connectivity index (χ0n) is 12.0. The van der Waals surface area contributed by atoms with Crippen LogP contribution in [-0.2, 0) is 14.8 Å². The summed E-state index contributed by atoms with van der Waals surface area (Å²) in [7, 11) is -2.71. The summed E-state index contributed by atoms with van der Waals surface area (Å²) in [5.74, 6) is -0.716. The van der Waals surface area contributed by atoms with Gasteiger partial charge in [-0.25, -0.2) is 13.2 Å². The van der Waals surface area contributed by atoms with Crippen LogP contribution in [0.25, 0.3) is 0 Å². The molecule has 116 valence electrons. The van der Waals surface area contributed by atoms with Crippen LogP contribution >= 0.6 is 15.9 Å². The monoisotopic (exact) mass is 383 g/mol. The number of hydrogen-bond acceptors (Lipinski definition) is 4. The Morgan fingerprint density at radius 3 is 2.50 bits per heavy atom. The van der Waals surface area contributed by atoms with Crippen molar-refractivity contribution in [3.05, 3.63) is 58.1 Å². The largest absolute Gasteiger partial charge is 0.465 e. The van der Waals surface area contributed by atoms with E-state index in [2.05, 4.69) is 25.4 Å². The number of anilines is 1. The van der Waals surface area contributed by atoms with Crippen molar-refractivity contribution in [2.45, 2.75) is 11.8 Å². The summed E-state index contributed by atoms with van der Waals surface area (Å²) in [6.45, 7) is 1.79. The summed E-state index contributed by atoms with van der Waals surface area (Å²) in [5.41, 5.74) is 1.21. The number of sulfonamides is 1. The summed E-state index contributed by atoms with van der Waals surface area (Å²) in [6, 6.07) is 11.3. The van der Waals surface area contributed by atoms with Crippen molar-refractivity contribution < 1.29 is 17.9 Å². The minimum Gasteiger partial charge on any atom is -0.465 e. The van der Waals surface area contributed by atoms with E-state index in [9.17, 15) is 13.2 Å². The lowest BCUT2D eigenvalue weighted by molar-refractivity contribution is 0.0596. The minimum atomic E-state index is -3.91. The molecule has 0 aromatic heterocycles. The first-order valence-corrected chi connectivity index (χ1v) is 8.59. The van der Waals surface area contributed by atoms with Crippen LogP contribution in [0.3, 0.4) is 0 Å². The van der Waals surface area contributed by atoms with Crippen LogP contribution < -0.4 is 4.72 Å². The van der Waals surface area contributed by atoms with Crippen LogP contribution in [0.1, 0.15) is 15.9 Å². The topological polar surface area (TPSA) is 72.5 Å². The third kappa shape index (κ3) is 3.48. The third-order valence-electron chi connectivity index (χ3n) is 3.03. The maximum atomic E-state index is 12.6. The number of nitrogens with one attached hydrogen (secondary N) is 1. The van der Waals surface area contributed by atoms with Gasteiger partial charge in [0.05, 0.1) is 18.4 Å². The number of hydrogen-bond donors (Lipinski definition) is 1. The van der Waals surface area contributed by atoms with Gasteiger partial charge in [-0.15, -0.1) is 0 Å². The molecular formula is C15H14BrNO4S. The van der Waals surface area contributed by atoms with Gasteiger partial charge in [0.2, 0.25) is 0 Å². The predicted molar refractivity (Wildman–Crippen MR) is 87.5 cm³/mol. The van der Waals surface area contributed by atoms with Crippen molar-refractivity contribution in [3.63, 3.8) is 0 Å². The van der Waals surface area contributed by atoms with Gasteiger partial charge < -0.3 is 4.74 Å². The number of benzene rings is 2. The summed E-state index contributed by atoms with van der Waals surface area (Å²) in [5, 5.41) is 0. The molecule has 0 radical (unpaired) electrons. The molecule has 1 N–H and O–H groups in total. The summed E-state index contributed by atoms with van der Waals surface area (Å²) >= 11 is 3.22. The zero-order valence-corrected chi connectivity index (χ0v) is 14.4. The lowest BCUT2D eigenvalue weighted by Gasteiger charge is -2.13. The first-order chi connectivity index (χ1) is 10.3. The van der Waals surface area contributed by atoms with Crippen molar-refractivity contribution in [3.8, 4) is 0 Å². The van der Waals surface area contributed by atoms with Gasteiger partial charge in [-0.1, -0.05) is 34.1 Å². The van der Waals surface area contributed by atoms with Gasteiger partial charge in [-0.3, -0.25) is 4.72 Å². The molecule has 22 heavy (non-hydrogen) atoms. The van der Waals surface area contributed by atoms with E-state index in [0.717, 1.165) is 5.56 Å². The molecule has 2 rings (SSSR count). The molecule has 0 aliphatic rings. The molecule has 2 aromatic carbocycles. The molecule has 0 saturated heterocycles. The average Bonchev–Trinajstić information content (AvgIpc) is 2.48. The molecule has 0 saturated carbocycles. The number of carbonyl (C=O) groups excluding carboxylic acids is 1. The van der Waals surface area contributed by atoms with Crippen molar-refractivity contribution in [1.29, 1.82) is 0 Å². The first kappa shape index (κ1) is 16.5. The number of aryl methyl sites for hydroxylation is 1. The second-order valence-corrected chi connectivity index (χ2v) is 7.12. The Balaban J connectivity index is 2.50. The molecule has 0 spiro atoms. The van der Waals surface area contributed by atoms with Crippen LogP contribution in [0.2, 0.25) is 0 Å². The SMILES string of the molecule is COC(=O)c1cc(Br)ccc1S(=O)(=O)Nc1ccccc1C. The molecule has 0 amide bonds. The lowest BCUT2D eigenvalue weighted by Crippen LogP contribution is -2.18. The highest BCUT2D eigenvalue weighted by Crippen LogP contribution is 2.25. The second-order valence-electron chi connectivity index (χ2n) is 4.55. The standard InChI is InChI=1S/C15H14BrNO4S/c1-10-5-3-4-6-13(10)17-22(19,20)14-8-7-11(16)9-12(14)15(18)21-2/h3-9,17H,1-2H3. The molecule has 0 bridgehead atoms. The number of esters is 1. The number of ether oxygens (including phenoxy) is 1. The molecule has 0 atom stereocenters. The number of rotatable bonds is 4. The van der Waals surface area contributed by atoms with Crippen LogP contribution in [-0.4, -0.2) is 21.5 Å². The van der Waals surface area contributed by atoms with E-state index in [-0.39, 0.29) is 10.5 Å². The van der Waals surface area contributed by atoms with Gasteiger partial charge in [0.1, 0.15) is 4.90 Å². The molecule has 0 fully saturated rings. The normalized spacial score (nSPS) is 11.0. The Kier molecular flexibility index (Phi) is 4.87. The van der Waals surface area contributed by atoms with E-state index in [4.69, 9.17) is 0 Å². The fourth-order valence-corrected chi connectivity index (χ4v) is 3.56. The van der Waals surface area contributed by atoms with Gasteiger partial charge in [0.15, 0.2) is 0 Å². The summed E-state index contributed by atoms with van der Waals surface area (Å²) in [4.78, 5) is 11.7. The van der Waals surface area contributed by atoms with Crippen molar-refractivity contribution in [2.24, 2.45) is 0 Å². The Morgan fingerprint density at radius 1 is 1.18 bits per heavy atom. The molecule has 2 aromatic rings. The third-order valence-corrected chi connectivity index (χ3v) is 4.94. The Hall–Kier alpha value is -1.86. The highest BCUT2D eigenvalue weighted by Gasteiger charge is 2.23. The number of para-hydroxylation sites is 1. The molecule has 0 unspecified atom stereocenters. The zero-order chi connectivity index (χ0) is 16.3. The predicted octanol–water partition coefficient (Wildman–Crippen LogP) is 3.34. The van der Waals surface area contributed by atoms with E-state index in [0.29, 0.717) is 10.2 Å². The first-order valence-electron chi connectivity index (χ1n) is 6.31. The molecule has 7 heteroatoms. The molecular weight excluding hydrogens is 370 g/mol. The molecule has 5 nitrogen and oxygen atoms in total. The van der Waals surface area contributed by atoms with Gasteiger partial charge in [0, 0.05) is 4.47 Å². The number of methoxy groups -OCH3 is 1. The van der Waals surface area contributed by atoms with E-state index >= 15 is 0 Å². The van der Waals surface area contributed by atoms with E-state index < -0.39 is 16.0 Å². The van der Waals surface area contributed by atoms with Crippen LogP contribution in [0.15, 0.2) is 51.8 Å². The molecule has 0 aliphatic carbocycles. The van der Waals surface area contributed by atoms with E-state index in [1.165, 1.54) is 19.2 Å². The van der Waals surface area contributed by atoms with Gasteiger partial charge in [-0.05, 0) is 36.8 Å². The minimum absolute atomic E-state index is 0.0297. The maximum absolute atomic E-state index is 12.6. The van der Waals surface area contributed by atoms with Crippen molar-refractivity contribution in [2.75, 3.05) is 11.8 Å². The van der Waals surface area contributed by atoms with Crippen LogP contribution in [0, 0.1) is 6.92 Å². The van der Waals surface area contributed by atoms with Crippen molar-refractivity contribution in [1.82, 2.24) is 0 Å². The van der Waals surface area contributed by atoms with Crippen LogP contribution in [0.4, 0.5) is 5.69 Å². The van der Waals surface area contributed by atoms with Gasteiger partial charge >= 0.3 is 5.97 Å². The fraction of sp³-hybridized carbons (Fsp3) is 0.133. The summed E-state index contributed by atoms with van der Waals surface area (Å²) < 4.78 is 32.9. The molecule has 0 heterocycles. The van der Waals surface area contributed by atoms with Crippen molar-refractivity contribution >= 4 is 37.6 Å². The van der Waals surface area contributed by atoms with E-state index in [1.807, 2.05) is 6.07 Å².